The van der Waals surface area contributed by atoms with E-state index >= 15 is 0 Å². The van der Waals surface area contributed by atoms with Gasteiger partial charge < -0.3 is 20.3 Å². The lowest BCUT2D eigenvalue weighted by Crippen LogP contribution is -2.60. The lowest BCUT2D eigenvalue weighted by Gasteiger charge is -2.53. The van der Waals surface area contributed by atoms with E-state index in [0.29, 0.717) is 64.8 Å². The summed E-state index contributed by atoms with van der Waals surface area (Å²) in [6.45, 7) is 4.15. The van der Waals surface area contributed by atoms with Crippen molar-refractivity contribution < 1.29 is 26.7 Å². The second kappa shape index (κ2) is 12.3. The second-order valence-electron chi connectivity index (χ2n) is 14.1. The molecule has 1 saturated heterocycles. The van der Waals surface area contributed by atoms with Crippen molar-refractivity contribution in [2.24, 2.45) is 5.41 Å². The van der Waals surface area contributed by atoms with Gasteiger partial charge in [0, 0.05) is 60.5 Å². The van der Waals surface area contributed by atoms with Crippen molar-refractivity contribution in [3.05, 3.63) is 49.2 Å². The maximum Gasteiger partial charge on any atom is 0.410 e. The lowest BCUT2D eigenvalue weighted by molar-refractivity contribution is -0.0496. The van der Waals surface area contributed by atoms with Crippen LogP contribution in [0, 0.1) is 5.41 Å². The molecule has 4 aromatic rings. The van der Waals surface area contributed by atoms with Gasteiger partial charge in [-0.2, -0.15) is 23.1 Å². The fourth-order valence-electron chi connectivity index (χ4n) is 6.34. The Bertz CT molecular complexity index is 1960. The molecule has 2 saturated carbocycles. The molecule has 4 aromatic heterocycles. The molecule has 7 rings (SSSR count). The zero-order valence-corrected chi connectivity index (χ0v) is 28.2. The predicted octanol–water partition coefficient (Wildman–Crippen LogP) is 5.67. The molecule has 1 spiro atoms. The summed E-state index contributed by atoms with van der Waals surface area (Å²) in [5, 5.41) is 14.5. The highest BCUT2D eigenvalue weighted by atomic mass is 32.2. The van der Waals surface area contributed by atoms with Gasteiger partial charge in [0.25, 0.3) is 10.0 Å². The number of carbonyl (C=O) groups is 1. The number of ether oxygens (including phenoxy) is 1. The molecule has 17 heteroatoms. The Morgan fingerprint density at radius 2 is 1.82 bits per heavy atom. The molecule has 14 nitrogen and oxygen atoms in total. The highest BCUT2D eigenvalue weighted by molar-refractivity contribution is 7.90. The first-order chi connectivity index (χ1) is 23.3. The zero-order chi connectivity index (χ0) is 34.6. The van der Waals surface area contributed by atoms with Crippen LogP contribution in [0.3, 0.4) is 0 Å². The molecule has 2 aliphatic carbocycles. The quantitative estimate of drug-likeness (QED) is 0.222. The summed E-state index contributed by atoms with van der Waals surface area (Å²) in [6.07, 6.45) is 11.7. The first-order valence-corrected chi connectivity index (χ1v) is 17.8. The van der Waals surface area contributed by atoms with E-state index in [1.54, 1.807) is 29.4 Å². The second-order valence-corrected chi connectivity index (χ2v) is 16.1. The highest BCUT2D eigenvalue weighted by Gasteiger charge is 2.48. The number of hydrogen-bond acceptors (Lipinski definition) is 11. The minimum absolute atomic E-state index is 0.0716. The minimum atomic E-state index is -3.53. The number of alkyl halides is 2. The fourth-order valence-corrected chi connectivity index (χ4v) is 7.82. The van der Waals surface area contributed by atoms with Crippen LogP contribution in [0.5, 0.6) is 0 Å². The van der Waals surface area contributed by atoms with Gasteiger partial charge in [-0.05, 0) is 71.4 Å². The molecule has 3 fully saturated rings. The van der Waals surface area contributed by atoms with Crippen LogP contribution in [0.4, 0.5) is 30.9 Å². The Kier molecular flexibility index (Phi) is 8.27. The summed E-state index contributed by atoms with van der Waals surface area (Å²) < 4.78 is 59.0. The monoisotopic (exact) mass is 696 g/mol. The Morgan fingerprint density at radius 3 is 2.49 bits per heavy atom. The van der Waals surface area contributed by atoms with E-state index in [1.165, 1.54) is 24.7 Å². The number of nitrogens with one attached hydrogen (secondary N) is 2. The summed E-state index contributed by atoms with van der Waals surface area (Å²) in [6, 6.07) is 5.07. The van der Waals surface area contributed by atoms with E-state index in [0.717, 1.165) is 29.8 Å². The molecular weight excluding hydrogens is 658 g/mol. The SMILES string of the molecule is CC(C)(C)OC(=O)N1CC2(CCC(Nc3cc(Nc4ccnc(-c5cnn(S(=O)(=O)C6CC6)c5)n4)ncc3-c3ccn(C(F)F)n3)CC2)C1. The highest BCUT2D eigenvalue weighted by Crippen LogP contribution is 2.45. The number of pyridine rings is 1. The first-order valence-electron chi connectivity index (χ1n) is 16.2. The fraction of sp³-hybridized carbons (Fsp3) is 0.500. The third-order valence-corrected chi connectivity index (χ3v) is 11.1. The van der Waals surface area contributed by atoms with Crippen molar-refractivity contribution in [3.63, 3.8) is 0 Å². The van der Waals surface area contributed by atoms with Crippen LogP contribution >= 0.6 is 0 Å². The van der Waals surface area contributed by atoms with E-state index in [2.05, 4.69) is 35.8 Å². The van der Waals surface area contributed by atoms with Gasteiger partial charge in [-0.15, -0.1) is 0 Å². The molecular formula is C32H38F2N10O4S. The van der Waals surface area contributed by atoms with Crippen LogP contribution in [0.15, 0.2) is 49.2 Å². The van der Waals surface area contributed by atoms with E-state index in [-0.39, 0.29) is 23.4 Å². The van der Waals surface area contributed by atoms with Crippen molar-refractivity contribution >= 4 is 33.4 Å². The molecule has 3 aliphatic rings. The zero-order valence-electron chi connectivity index (χ0n) is 27.4. The minimum Gasteiger partial charge on any atom is -0.444 e. The Morgan fingerprint density at radius 1 is 1.06 bits per heavy atom. The van der Waals surface area contributed by atoms with Gasteiger partial charge in [-0.1, -0.05) is 0 Å². The molecule has 1 amide bonds. The van der Waals surface area contributed by atoms with Crippen LogP contribution in [0.25, 0.3) is 22.6 Å². The number of halogens is 2. The maximum absolute atomic E-state index is 13.4. The summed E-state index contributed by atoms with van der Waals surface area (Å²) in [5.74, 6) is 1.14. The van der Waals surface area contributed by atoms with Crippen molar-refractivity contribution in [2.75, 3.05) is 23.7 Å². The molecule has 0 unspecified atom stereocenters. The molecule has 0 aromatic carbocycles. The summed E-state index contributed by atoms with van der Waals surface area (Å²) in [5.41, 5.74) is 1.57. The smallest absolute Gasteiger partial charge is 0.410 e. The van der Waals surface area contributed by atoms with E-state index in [1.807, 2.05) is 20.8 Å². The van der Waals surface area contributed by atoms with Gasteiger partial charge in [0.2, 0.25) is 0 Å². The molecule has 0 bridgehead atoms. The van der Waals surface area contributed by atoms with Gasteiger partial charge >= 0.3 is 12.6 Å². The third kappa shape index (κ3) is 7.07. The number of hydrogen-bond donors (Lipinski definition) is 2. The van der Waals surface area contributed by atoms with E-state index in [9.17, 15) is 22.0 Å². The van der Waals surface area contributed by atoms with E-state index in [4.69, 9.17) is 4.74 Å². The lowest BCUT2D eigenvalue weighted by atomic mass is 9.67. The third-order valence-electron chi connectivity index (χ3n) is 9.03. The van der Waals surface area contributed by atoms with Gasteiger partial charge in [0.15, 0.2) is 5.82 Å². The summed E-state index contributed by atoms with van der Waals surface area (Å²) in [7, 11) is -3.53. The largest absolute Gasteiger partial charge is 0.444 e. The maximum atomic E-state index is 13.4. The standard InChI is InChI=1S/C32H38F2N10O4S/c1-31(2,3)48-30(45)42-18-32(19-42)10-6-21(7-11-32)38-25-14-27(36-16-23(25)24-9-13-43(41-24)29(33)34)39-26-8-12-35-28(40-26)20-15-37-44(17-20)49(46,47)22-4-5-22/h8-9,12-17,21-22,29H,4-7,10-11,18-19H2,1-3H3,(H2,35,36,38,39,40). The Hall–Kier alpha value is -4.67. The van der Waals surface area contributed by atoms with Crippen molar-refractivity contribution in [3.8, 4) is 22.6 Å². The van der Waals surface area contributed by atoms with Gasteiger partial charge in [0.1, 0.15) is 17.2 Å². The van der Waals surface area contributed by atoms with Crippen LogP contribution in [0.1, 0.15) is 65.8 Å². The molecule has 0 radical (unpaired) electrons. The number of nitrogens with zero attached hydrogens (tertiary/aromatic N) is 8. The molecule has 260 valence electrons. The number of carbonyl (C=O) groups excluding carboxylic acids is 1. The molecule has 49 heavy (non-hydrogen) atoms. The molecule has 1 aliphatic heterocycles. The number of aromatic nitrogens is 7. The first kappa shape index (κ1) is 32.9. The molecule has 2 N–H and O–H groups in total. The predicted molar refractivity (Wildman–Crippen MR) is 177 cm³/mol. The van der Waals surface area contributed by atoms with Crippen LogP contribution in [-0.4, -0.2) is 83.3 Å². The number of anilines is 3. The van der Waals surface area contributed by atoms with Crippen molar-refractivity contribution in [2.45, 2.75) is 82.7 Å². The Balaban J connectivity index is 1.07. The normalized spacial score (nSPS) is 18.0. The summed E-state index contributed by atoms with van der Waals surface area (Å²) in [4.78, 5) is 27.6. The van der Waals surface area contributed by atoms with Gasteiger partial charge in [-0.25, -0.2) is 32.8 Å². The van der Waals surface area contributed by atoms with Crippen molar-refractivity contribution in [1.82, 2.24) is 38.8 Å². The average Bonchev–Trinajstić information content (AvgIpc) is 3.56. The van der Waals surface area contributed by atoms with E-state index < -0.39 is 27.4 Å². The number of likely N-dealkylation sites (tertiary alicyclic amines) is 1. The topological polar surface area (TPSA) is 162 Å². The number of amides is 1. The molecule has 0 atom stereocenters. The summed E-state index contributed by atoms with van der Waals surface area (Å²) >= 11 is 0. The van der Waals surface area contributed by atoms with Crippen LogP contribution in [-0.2, 0) is 14.8 Å². The van der Waals surface area contributed by atoms with Crippen LogP contribution < -0.4 is 10.6 Å². The van der Waals surface area contributed by atoms with Crippen molar-refractivity contribution in [1.29, 1.82) is 0 Å². The Labute approximate surface area is 282 Å². The van der Waals surface area contributed by atoms with Gasteiger partial charge in [-0.3, -0.25) is 0 Å². The van der Waals surface area contributed by atoms with Gasteiger partial charge in [0.05, 0.1) is 28.9 Å². The average molecular weight is 697 g/mol. The molecule has 5 heterocycles. The number of rotatable bonds is 9. The van der Waals surface area contributed by atoms with Crippen LogP contribution in [0.2, 0.25) is 0 Å².